The van der Waals surface area contributed by atoms with Crippen LogP contribution in [0.2, 0.25) is 0 Å². The number of amides is 2. The molecule has 0 bridgehead atoms. The average molecular weight is 447 g/mol. The van der Waals surface area contributed by atoms with E-state index in [1.807, 2.05) is 37.3 Å². The highest BCUT2D eigenvalue weighted by molar-refractivity contribution is 14.0. The van der Waals surface area contributed by atoms with Crippen molar-refractivity contribution in [2.45, 2.75) is 13.5 Å². The van der Waals surface area contributed by atoms with Crippen molar-refractivity contribution in [3.8, 4) is 0 Å². The first-order valence-corrected chi connectivity index (χ1v) is 7.56. The molecule has 0 aliphatic heterocycles. The third kappa shape index (κ3) is 9.33. The van der Waals surface area contributed by atoms with Crippen molar-refractivity contribution in [2.24, 2.45) is 4.99 Å². The number of carbonyl (C=O) groups is 2. The fourth-order valence-electron chi connectivity index (χ4n) is 1.66. The summed E-state index contributed by atoms with van der Waals surface area (Å²) >= 11 is 0. The van der Waals surface area contributed by atoms with Gasteiger partial charge in [0.1, 0.15) is 6.54 Å². The lowest BCUT2D eigenvalue weighted by Gasteiger charge is -2.14. The zero-order valence-corrected chi connectivity index (χ0v) is 16.7. The summed E-state index contributed by atoms with van der Waals surface area (Å²) in [5.41, 5.74) is 1.03. The summed E-state index contributed by atoms with van der Waals surface area (Å²) in [5.74, 6) is 0.201. The molecular formula is C16H26IN5O2. The molecule has 8 heteroatoms. The number of guanidine groups is 1. The first-order valence-electron chi connectivity index (χ1n) is 7.56. The van der Waals surface area contributed by atoms with E-state index in [0.717, 1.165) is 5.56 Å². The van der Waals surface area contributed by atoms with E-state index >= 15 is 0 Å². The maximum absolute atomic E-state index is 11.8. The monoisotopic (exact) mass is 447 g/mol. The minimum atomic E-state index is -0.176. The largest absolute Gasteiger partial charge is 0.357 e. The van der Waals surface area contributed by atoms with Crippen molar-refractivity contribution in [1.29, 1.82) is 0 Å². The van der Waals surface area contributed by atoms with Gasteiger partial charge in [-0.1, -0.05) is 30.3 Å². The molecule has 0 atom stereocenters. The summed E-state index contributed by atoms with van der Waals surface area (Å²) in [4.78, 5) is 29.0. The van der Waals surface area contributed by atoms with Gasteiger partial charge in [0, 0.05) is 27.2 Å². The molecular weight excluding hydrogens is 421 g/mol. The summed E-state index contributed by atoms with van der Waals surface area (Å²) in [6, 6.07) is 9.67. The normalized spacial score (nSPS) is 10.4. The van der Waals surface area contributed by atoms with E-state index in [-0.39, 0.29) is 48.9 Å². The Bertz CT molecular complexity index is 535. The number of nitrogens with zero attached hydrogens (tertiary/aromatic N) is 2. The molecule has 1 aromatic rings. The van der Waals surface area contributed by atoms with Crippen molar-refractivity contribution in [2.75, 3.05) is 33.7 Å². The number of hydrogen-bond acceptors (Lipinski definition) is 3. The molecule has 0 unspecified atom stereocenters. The maximum atomic E-state index is 11.8. The lowest BCUT2D eigenvalue weighted by molar-refractivity contribution is -0.127. The topological polar surface area (TPSA) is 85.8 Å². The molecule has 0 radical (unpaired) electrons. The molecule has 1 aromatic carbocycles. The molecule has 0 aliphatic carbocycles. The van der Waals surface area contributed by atoms with Crippen LogP contribution in [0.4, 0.5) is 0 Å². The summed E-state index contributed by atoms with van der Waals surface area (Å²) < 4.78 is 0. The van der Waals surface area contributed by atoms with E-state index in [1.54, 1.807) is 14.1 Å². The Morgan fingerprint density at radius 3 is 2.33 bits per heavy atom. The maximum Gasteiger partial charge on any atom is 0.242 e. The van der Waals surface area contributed by atoms with Gasteiger partial charge in [-0.25, -0.2) is 4.99 Å². The molecule has 1 rings (SSSR count). The Labute approximate surface area is 160 Å². The molecule has 0 spiro atoms. The smallest absolute Gasteiger partial charge is 0.242 e. The van der Waals surface area contributed by atoms with Gasteiger partial charge in [-0.3, -0.25) is 9.59 Å². The fraction of sp³-hybridized carbons (Fsp3) is 0.438. The van der Waals surface area contributed by atoms with Crippen LogP contribution in [-0.2, 0) is 16.1 Å². The van der Waals surface area contributed by atoms with E-state index in [2.05, 4.69) is 20.9 Å². The molecule has 7 nitrogen and oxygen atoms in total. The zero-order chi connectivity index (χ0) is 17.1. The predicted molar refractivity (Wildman–Crippen MR) is 106 cm³/mol. The SMILES string of the molecule is CCNC(=NCC(=O)NCc1ccccc1)NCC(=O)N(C)C.I. The van der Waals surface area contributed by atoms with Crippen molar-refractivity contribution in [3.05, 3.63) is 35.9 Å². The molecule has 24 heavy (non-hydrogen) atoms. The van der Waals surface area contributed by atoms with E-state index in [0.29, 0.717) is 19.0 Å². The number of likely N-dealkylation sites (N-methyl/N-ethyl adjacent to an activating group) is 1. The second-order valence-electron chi connectivity index (χ2n) is 5.10. The quantitative estimate of drug-likeness (QED) is 0.324. The highest BCUT2D eigenvalue weighted by Gasteiger charge is 2.06. The van der Waals surface area contributed by atoms with Crippen molar-refractivity contribution < 1.29 is 9.59 Å². The van der Waals surface area contributed by atoms with Crippen molar-refractivity contribution >= 4 is 41.8 Å². The second-order valence-corrected chi connectivity index (χ2v) is 5.10. The van der Waals surface area contributed by atoms with Crippen LogP contribution in [0, 0.1) is 0 Å². The molecule has 0 aromatic heterocycles. The van der Waals surface area contributed by atoms with Gasteiger partial charge in [0.25, 0.3) is 0 Å². The lowest BCUT2D eigenvalue weighted by Crippen LogP contribution is -2.43. The lowest BCUT2D eigenvalue weighted by atomic mass is 10.2. The molecule has 0 saturated carbocycles. The Morgan fingerprint density at radius 2 is 1.75 bits per heavy atom. The minimum absolute atomic E-state index is 0. The van der Waals surface area contributed by atoms with Gasteiger partial charge in [0.05, 0.1) is 6.54 Å². The molecule has 0 heterocycles. The molecule has 0 saturated heterocycles. The molecule has 0 fully saturated rings. The van der Waals surface area contributed by atoms with Gasteiger partial charge in [0.2, 0.25) is 11.8 Å². The van der Waals surface area contributed by atoms with Crippen LogP contribution in [0.3, 0.4) is 0 Å². The first kappa shape index (κ1) is 22.2. The predicted octanol–water partition coefficient (Wildman–Crippen LogP) is 0.564. The van der Waals surface area contributed by atoms with Crippen molar-refractivity contribution in [1.82, 2.24) is 20.9 Å². The average Bonchev–Trinajstić information content (AvgIpc) is 2.56. The van der Waals surface area contributed by atoms with Gasteiger partial charge < -0.3 is 20.9 Å². The van der Waals surface area contributed by atoms with Gasteiger partial charge in [0.15, 0.2) is 5.96 Å². The summed E-state index contributed by atoms with van der Waals surface area (Å²) in [7, 11) is 3.37. The number of aliphatic imine (C=N–C) groups is 1. The van der Waals surface area contributed by atoms with E-state index in [4.69, 9.17) is 0 Å². The van der Waals surface area contributed by atoms with Crippen LogP contribution in [0.15, 0.2) is 35.3 Å². The van der Waals surface area contributed by atoms with E-state index in [1.165, 1.54) is 4.90 Å². The van der Waals surface area contributed by atoms with E-state index in [9.17, 15) is 9.59 Å². The summed E-state index contributed by atoms with van der Waals surface area (Å²) in [6.45, 7) is 3.16. The first-order chi connectivity index (χ1) is 11.0. The molecule has 3 N–H and O–H groups in total. The summed E-state index contributed by atoms with van der Waals surface area (Å²) in [5, 5.41) is 8.70. The number of hydrogen-bond donors (Lipinski definition) is 3. The number of carbonyl (C=O) groups excluding carboxylic acids is 2. The molecule has 2 amide bonds. The van der Waals surface area contributed by atoms with E-state index < -0.39 is 0 Å². The minimum Gasteiger partial charge on any atom is -0.357 e. The highest BCUT2D eigenvalue weighted by Crippen LogP contribution is 1.96. The van der Waals surface area contributed by atoms with Gasteiger partial charge in [-0.05, 0) is 12.5 Å². The van der Waals surface area contributed by atoms with Crippen LogP contribution in [0.25, 0.3) is 0 Å². The zero-order valence-electron chi connectivity index (χ0n) is 14.3. The Morgan fingerprint density at radius 1 is 1.08 bits per heavy atom. The number of nitrogens with one attached hydrogen (secondary N) is 3. The van der Waals surface area contributed by atoms with Crippen LogP contribution in [0.5, 0.6) is 0 Å². The van der Waals surface area contributed by atoms with Crippen LogP contribution in [0.1, 0.15) is 12.5 Å². The molecule has 0 aliphatic rings. The number of rotatable bonds is 7. The standard InChI is InChI=1S/C16H25N5O2.HI/c1-4-17-16(20-12-15(23)21(2)3)19-11-14(22)18-10-13-8-6-5-7-9-13;/h5-9H,4,10-12H2,1-3H3,(H,18,22)(H2,17,19,20);1H. The highest BCUT2D eigenvalue weighted by atomic mass is 127. The fourth-order valence-corrected chi connectivity index (χ4v) is 1.66. The van der Waals surface area contributed by atoms with Crippen LogP contribution < -0.4 is 16.0 Å². The summed E-state index contributed by atoms with van der Waals surface area (Å²) in [6.07, 6.45) is 0. The van der Waals surface area contributed by atoms with Gasteiger partial charge in [-0.15, -0.1) is 24.0 Å². The third-order valence-electron chi connectivity index (χ3n) is 2.96. The van der Waals surface area contributed by atoms with Crippen molar-refractivity contribution in [3.63, 3.8) is 0 Å². The van der Waals surface area contributed by atoms with Crippen LogP contribution >= 0.6 is 24.0 Å². The second kappa shape index (κ2) is 12.6. The third-order valence-corrected chi connectivity index (χ3v) is 2.96. The number of halogens is 1. The number of benzene rings is 1. The Hall–Kier alpha value is -1.84. The Balaban J connectivity index is 0.00000529. The van der Waals surface area contributed by atoms with Gasteiger partial charge in [-0.2, -0.15) is 0 Å². The van der Waals surface area contributed by atoms with Gasteiger partial charge >= 0.3 is 0 Å². The van der Waals surface area contributed by atoms with Crippen LogP contribution in [-0.4, -0.2) is 56.4 Å². The Kier molecular flexibility index (Phi) is 11.6. The molecule has 134 valence electrons.